The van der Waals surface area contributed by atoms with Crippen molar-refractivity contribution in [2.45, 2.75) is 13.5 Å². The van der Waals surface area contributed by atoms with Gasteiger partial charge in [0.2, 0.25) is 0 Å². The molecule has 1 N–H and O–H groups in total. The third kappa shape index (κ3) is 5.03. The zero-order valence-corrected chi connectivity index (χ0v) is 19.7. The van der Waals surface area contributed by atoms with Gasteiger partial charge in [-0.2, -0.15) is 5.26 Å². The molecule has 0 saturated carbocycles. The maximum absolute atomic E-state index is 12.5. The molecule has 0 unspecified atom stereocenters. The van der Waals surface area contributed by atoms with Crippen LogP contribution in [0.1, 0.15) is 23.6 Å². The summed E-state index contributed by atoms with van der Waals surface area (Å²) in [5.74, 6) is -0.0250. The van der Waals surface area contributed by atoms with Crippen LogP contribution in [0.25, 0.3) is 6.08 Å². The fraction of sp³-hybridized carbons (Fsp3) is 0.182. The normalized spacial score (nSPS) is 15.0. The van der Waals surface area contributed by atoms with Gasteiger partial charge < -0.3 is 9.47 Å². The van der Waals surface area contributed by atoms with Gasteiger partial charge in [-0.3, -0.25) is 19.8 Å². The molecule has 0 atom stereocenters. The zero-order valence-electron chi connectivity index (χ0n) is 16.8. The number of ether oxygens (including phenoxy) is 2. The number of nitrogens with zero attached hydrogens (tertiary/aromatic N) is 2. The zero-order chi connectivity index (χ0) is 22.5. The maximum atomic E-state index is 12.5. The number of hydrogen-bond acceptors (Lipinski definition) is 6. The Kier molecular flexibility index (Phi) is 7.25. The van der Waals surface area contributed by atoms with Crippen LogP contribution in [0, 0.1) is 14.9 Å². The number of halogens is 1. The van der Waals surface area contributed by atoms with E-state index >= 15 is 0 Å². The van der Waals surface area contributed by atoms with Gasteiger partial charge in [-0.05, 0) is 71.6 Å². The Morgan fingerprint density at radius 2 is 2.00 bits per heavy atom. The molecule has 158 valence electrons. The van der Waals surface area contributed by atoms with E-state index in [1.807, 2.05) is 19.1 Å². The van der Waals surface area contributed by atoms with Crippen LogP contribution < -0.4 is 14.8 Å². The third-order valence-corrected chi connectivity index (χ3v) is 5.63. The average Bonchev–Trinajstić information content (AvgIpc) is 2.75. The van der Waals surface area contributed by atoms with Crippen molar-refractivity contribution in [3.05, 3.63) is 62.2 Å². The highest BCUT2D eigenvalue weighted by Gasteiger charge is 2.30. The highest BCUT2D eigenvalue weighted by atomic mass is 127. The van der Waals surface area contributed by atoms with E-state index in [4.69, 9.17) is 21.7 Å². The monoisotopic (exact) mass is 547 g/mol. The lowest BCUT2D eigenvalue weighted by molar-refractivity contribution is -0.128. The van der Waals surface area contributed by atoms with Crippen LogP contribution in [-0.4, -0.2) is 35.5 Å². The third-order valence-electron chi connectivity index (χ3n) is 4.46. The van der Waals surface area contributed by atoms with Gasteiger partial charge in [0.25, 0.3) is 11.8 Å². The van der Waals surface area contributed by atoms with Gasteiger partial charge in [0, 0.05) is 12.6 Å². The summed E-state index contributed by atoms with van der Waals surface area (Å²) in [5, 5.41) is 11.8. The molecule has 31 heavy (non-hydrogen) atoms. The van der Waals surface area contributed by atoms with Crippen LogP contribution >= 0.6 is 34.8 Å². The Balaban J connectivity index is 1.94. The number of thiocarbonyl (C=S) groups is 1. The van der Waals surface area contributed by atoms with Crippen LogP contribution in [0.2, 0.25) is 0 Å². The first kappa shape index (κ1) is 22.7. The topological polar surface area (TPSA) is 91.7 Å². The van der Waals surface area contributed by atoms with E-state index in [2.05, 4.69) is 34.0 Å². The van der Waals surface area contributed by atoms with Crippen molar-refractivity contribution < 1.29 is 19.1 Å². The van der Waals surface area contributed by atoms with E-state index < -0.39 is 11.8 Å². The molecule has 0 spiro atoms. The predicted molar refractivity (Wildman–Crippen MR) is 127 cm³/mol. The van der Waals surface area contributed by atoms with Crippen molar-refractivity contribution in [3.63, 3.8) is 0 Å². The number of hydrogen-bond donors (Lipinski definition) is 1. The van der Waals surface area contributed by atoms with E-state index in [1.165, 1.54) is 18.0 Å². The summed E-state index contributed by atoms with van der Waals surface area (Å²) in [7, 11) is 1.50. The largest absolute Gasteiger partial charge is 0.490 e. The van der Waals surface area contributed by atoms with Gasteiger partial charge in [-0.25, -0.2) is 0 Å². The maximum Gasteiger partial charge on any atom is 0.265 e. The van der Waals surface area contributed by atoms with Crippen molar-refractivity contribution in [3.8, 4) is 17.6 Å². The number of nitrogens with one attached hydrogen (secondary N) is 1. The van der Waals surface area contributed by atoms with Gasteiger partial charge in [-0.15, -0.1) is 0 Å². The second-order valence-electron chi connectivity index (χ2n) is 6.50. The lowest BCUT2D eigenvalue weighted by Crippen LogP contribution is -2.52. The first-order chi connectivity index (χ1) is 14.8. The van der Waals surface area contributed by atoms with Crippen molar-refractivity contribution in [2.75, 3.05) is 13.7 Å². The smallest absolute Gasteiger partial charge is 0.265 e. The molecule has 1 aliphatic heterocycles. The standard InChI is InChI=1S/C22H18IN3O4S/c1-3-29-18-10-13(8-16-20(27)25-22(31)26(2)21(16)28)9-17(23)19(18)30-12-15-7-5-4-6-14(15)11-24/h4-10H,3,12H2,1-2H3,(H,25,27,31)/b16-8-. The molecule has 0 aromatic heterocycles. The van der Waals surface area contributed by atoms with Gasteiger partial charge in [0.05, 0.1) is 21.8 Å². The van der Waals surface area contributed by atoms with E-state index in [0.29, 0.717) is 29.2 Å². The van der Waals surface area contributed by atoms with Crippen LogP contribution in [0.15, 0.2) is 42.0 Å². The minimum atomic E-state index is -0.547. The molecule has 9 heteroatoms. The number of rotatable bonds is 6. The Morgan fingerprint density at radius 1 is 1.26 bits per heavy atom. The van der Waals surface area contributed by atoms with Gasteiger partial charge >= 0.3 is 0 Å². The van der Waals surface area contributed by atoms with Crippen molar-refractivity contribution in [1.82, 2.24) is 10.2 Å². The highest BCUT2D eigenvalue weighted by molar-refractivity contribution is 14.1. The van der Waals surface area contributed by atoms with Gasteiger partial charge in [0.1, 0.15) is 12.2 Å². The van der Waals surface area contributed by atoms with E-state index in [0.717, 1.165) is 9.13 Å². The summed E-state index contributed by atoms with van der Waals surface area (Å²) in [5.41, 5.74) is 1.89. The van der Waals surface area contributed by atoms with Crippen LogP contribution in [0.4, 0.5) is 0 Å². The SMILES string of the molecule is CCOc1cc(/C=C2/C(=O)NC(=S)N(C)C2=O)cc(I)c1OCc1ccccc1C#N. The summed E-state index contributed by atoms with van der Waals surface area (Å²) < 4.78 is 12.5. The van der Waals surface area contributed by atoms with Gasteiger partial charge in [0.15, 0.2) is 16.6 Å². The second-order valence-corrected chi connectivity index (χ2v) is 8.05. The molecule has 2 aromatic rings. The fourth-order valence-corrected chi connectivity index (χ4v) is 3.85. The Morgan fingerprint density at radius 3 is 2.71 bits per heavy atom. The number of likely N-dealkylation sites (N-methyl/N-ethyl adjacent to an activating group) is 1. The molecule has 0 aliphatic carbocycles. The molecule has 0 bridgehead atoms. The summed E-state index contributed by atoms with van der Waals surface area (Å²) >= 11 is 7.08. The first-order valence-electron chi connectivity index (χ1n) is 9.28. The predicted octanol–water partition coefficient (Wildman–Crippen LogP) is 3.40. The summed E-state index contributed by atoms with van der Waals surface area (Å²) in [6.45, 7) is 2.45. The number of carbonyl (C=O) groups excluding carboxylic acids is 2. The summed E-state index contributed by atoms with van der Waals surface area (Å²) in [6, 6.07) is 12.9. The average molecular weight is 547 g/mol. The fourth-order valence-electron chi connectivity index (χ4n) is 2.89. The Hall–Kier alpha value is -2.97. The molecule has 3 rings (SSSR count). The molecular weight excluding hydrogens is 529 g/mol. The molecule has 2 aromatic carbocycles. The lowest BCUT2D eigenvalue weighted by atomic mass is 10.1. The quantitative estimate of drug-likeness (QED) is 0.258. The molecule has 0 radical (unpaired) electrons. The van der Waals surface area contributed by atoms with E-state index in [9.17, 15) is 14.9 Å². The minimum Gasteiger partial charge on any atom is -0.490 e. The Bertz CT molecular complexity index is 1140. The molecule has 2 amide bonds. The second kappa shape index (κ2) is 9.89. The summed E-state index contributed by atoms with van der Waals surface area (Å²) in [6.07, 6.45) is 1.50. The lowest BCUT2D eigenvalue weighted by Gasteiger charge is -2.25. The summed E-state index contributed by atoms with van der Waals surface area (Å²) in [4.78, 5) is 25.9. The Labute approximate surface area is 198 Å². The number of amides is 2. The van der Waals surface area contributed by atoms with Crippen molar-refractivity contribution in [1.29, 1.82) is 5.26 Å². The van der Waals surface area contributed by atoms with Crippen LogP contribution in [-0.2, 0) is 16.2 Å². The van der Waals surface area contributed by atoms with Crippen LogP contribution in [0.3, 0.4) is 0 Å². The molecule has 1 aliphatic rings. The van der Waals surface area contributed by atoms with Crippen molar-refractivity contribution in [2.24, 2.45) is 0 Å². The first-order valence-corrected chi connectivity index (χ1v) is 10.8. The number of nitriles is 1. The van der Waals surface area contributed by atoms with Crippen LogP contribution in [0.5, 0.6) is 11.5 Å². The van der Waals surface area contributed by atoms with E-state index in [-0.39, 0.29) is 17.3 Å². The molecule has 1 fully saturated rings. The highest BCUT2D eigenvalue weighted by Crippen LogP contribution is 2.36. The molecule has 1 heterocycles. The van der Waals surface area contributed by atoms with E-state index in [1.54, 1.807) is 24.3 Å². The number of carbonyl (C=O) groups is 2. The molecule has 7 nitrogen and oxygen atoms in total. The minimum absolute atomic E-state index is 0.0223. The number of benzene rings is 2. The molecule has 1 saturated heterocycles. The van der Waals surface area contributed by atoms with Crippen molar-refractivity contribution >= 4 is 57.8 Å². The van der Waals surface area contributed by atoms with Gasteiger partial charge in [-0.1, -0.05) is 18.2 Å². The molecular formula is C22H18IN3O4S.